The number of alkyl halides is 6. The van der Waals surface area contributed by atoms with Gasteiger partial charge in [-0.25, -0.2) is 9.48 Å². The lowest BCUT2D eigenvalue weighted by Gasteiger charge is -2.18. The minimum Gasteiger partial charge on any atom is -0.346 e. The highest BCUT2D eigenvalue weighted by molar-refractivity contribution is 6.30. The van der Waals surface area contributed by atoms with Crippen molar-refractivity contribution in [3.63, 3.8) is 0 Å². The zero-order valence-corrected chi connectivity index (χ0v) is 19.2. The van der Waals surface area contributed by atoms with Crippen LogP contribution < -0.4 is 16.7 Å². The Bertz CT molecular complexity index is 1270. The molecule has 0 spiro atoms. The molecule has 0 saturated carbocycles. The summed E-state index contributed by atoms with van der Waals surface area (Å²) < 4.78 is 79.0. The van der Waals surface area contributed by atoms with E-state index in [0.29, 0.717) is 15.3 Å². The second-order valence-electron chi connectivity index (χ2n) is 7.77. The van der Waals surface area contributed by atoms with Crippen LogP contribution in [-0.2, 0) is 24.1 Å². The van der Waals surface area contributed by atoms with E-state index in [1.165, 1.54) is 30.3 Å². The first-order chi connectivity index (χ1) is 16.8. The Hall–Kier alpha value is -3.32. The van der Waals surface area contributed by atoms with Crippen LogP contribution in [0.1, 0.15) is 23.6 Å². The van der Waals surface area contributed by atoms with Gasteiger partial charge in [-0.3, -0.25) is 9.36 Å². The monoisotopic (exact) mass is 535 g/mol. The molecule has 0 radical (unpaired) electrons. The molecular weight excluding hydrogens is 516 g/mol. The number of halogens is 7. The number of hydrogen-bond donors (Lipinski definition) is 2. The summed E-state index contributed by atoms with van der Waals surface area (Å²) in [6, 6.07) is 9.04. The van der Waals surface area contributed by atoms with E-state index in [9.17, 15) is 35.9 Å². The van der Waals surface area contributed by atoms with Crippen LogP contribution in [0.5, 0.6) is 0 Å². The molecule has 3 N–H and O–H groups in total. The molecule has 2 aromatic carbocycles. The highest BCUT2D eigenvalue weighted by Crippen LogP contribution is 2.30. The van der Waals surface area contributed by atoms with Gasteiger partial charge in [-0.15, -0.1) is 5.10 Å². The van der Waals surface area contributed by atoms with E-state index in [-0.39, 0.29) is 17.9 Å². The smallest absolute Gasteiger partial charge is 0.346 e. The normalized spacial score (nSPS) is 13.0. The van der Waals surface area contributed by atoms with Crippen LogP contribution in [-0.4, -0.2) is 33.0 Å². The van der Waals surface area contributed by atoms with Gasteiger partial charge in [0.25, 0.3) is 0 Å². The van der Waals surface area contributed by atoms with Crippen LogP contribution in [0.2, 0.25) is 5.02 Å². The third-order valence-corrected chi connectivity index (χ3v) is 5.38. The largest absolute Gasteiger partial charge is 0.416 e. The molecule has 0 aliphatic heterocycles. The van der Waals surface area contributed by atoms with Crippen molar-refractivity contribution in [2.45, 2.75) is 37.9 Å². The summed E-state index contributed by atoms with van der Waals surface area (Å²) in [6.07, 6.45) is -10.5. The van der Waals surface area contributed by atoms with Gasteiger partial charge in [-0.1, -0.05) is 23.7 Å². The Balaban J connectivity index is 1.86. The number of carbonyl (C=O) groups excluding carboxylic acids is 1. The van der Waals surface area contributed by atoms with Gasteiger partial charge in [-0.05, 0) is 42.0 Å². The average molecular weight is 536 g/mol. The van der Waals surface area contributed by atoms with Crippen molar-refractivity contribution >= 4 is 17.5 Å². The topological polar surface area (TPSA) is 94.9 Å². The molecule has 194 valence electrons. The second-order valence-corrected chi connectivity index (χ2v) is 8.20. The van der Waals surface area contributed by atoms with Crippen molar-refractivity contribution in [3.05, 3.63) is 75.2 Å². The quantitative estimate of drug-likeness (QED) is 0.424. The lowest BCUT2D eigenvalue weighted by Crippen LogP contribution is -2.38. The molecule has 1 amide bonds. The maximum absolute atomic E-state index is 13.0. The van der Waals surface area contributed by atoms with Crippen LogP contribution in [0.3, 0.4) is 0 Å². The number of benzene rings is 2. The third-order valence-electron chi connectivity index (χ3n) is 5.12. The fourth-order valence-corrected chi connectivity index (χ4v) is 3.51. The zero-order chi connectivity index (χ0) is 26.7. The van der Waals surface area contributed by atoms with Gasteiger partial charge in [0.15, 0.2) is 5.82 Å². The number of nitrogens with two attached hydrogens (primary N) is 1. The fraction of sp³-hybridized carbons (Fsp3) is 0.318. The summed E-state index contributed by atoms with van der Waals surface area (Å²) in [7, 11) is 0. The van der Waals surface area contributed by atoms with Crippen molar-refractivity contribution in [1.82, 2.24) is 19.7 Å². The van der Waals surface area contributed by atoms with Crippen LogP contribution in [0.25, 0.3) is 11.4 Å². The minimum atomic E-state index is -4.60. The summed E-state index contributed by atoms with van der Waals surface area (Å²) in [6.45, 7) is -1.69. The van der Waals surface area contributed by atoms with Gasteiger partial charge in [0.2, 0.25) is 5.91 Å². The maximum atomic E-state index is 13.0. The molecule has 14 heteroatoms. The Morgan fingerprint density at radius 3 is 2.33 bits per heavy atom. The summed E-state index contributed by atoms with van der Waals surface area (Å²) in [5.74, 6) is -0.935. The lowest BCUT2D eigenvalue weighted by molar-refractivity contribution is -0.138. The minimum absolute atomic E-state index is 0.0885. The molecule has 0 aliphatic rings. The maximum Gasteiger partial charge on any atom is 0.416 e. The van der Waals surface area contributed by atoms with Crippen LogP contribution in [0.15, 0.2) is 53.3 Å². The van der Waals surface area contributed by atoms with E-state index in [1.807, 2.05) is 0 Å². The van der Waals surface area contributed by atoms with Crippen molar-refractivity contribution < 1.29 is 31.1 Å². The molecule has 0 bridgehead atoms. The standard InChI is InChI=1S/C22H20ClF6N5O2/c23-16-6-4-13(5-7-16)19-32-34(20(36)33(19)9-8-21(24,25)26)12-18(35)31-17(11-30)14-2-1-3-15(10-14)22(27,28)29/h1-7,10,17H,8-9,11-12,30H2,(H,31,35). The van der Waals surface area contributed by atoms with E-state index in [1.54, 1.807) is 0 Å². The zero-order valence-electron chi connectivity index (χ0n) is 18.4. The Morgan fingerprint density at radius 1 is 1.08 bits per heavy atom. The number of nitrogens with zero attached hydrogens (tertiary/aromatic N) is 3. The average Bonchev–Trinajstić information content (AvgIpc) is 3.10. The first-order valence-electron chi connectivity index (χ1n) is 10.5. The number of aromatic nitrogens is 3. The second kappa shape index (κ2) is 10.7. The Labute approximate surface area is 205 Å². The lowest BCUT2D eigenvalue weighted by atomic mass is 10.0. The summed E-state index contributed by atoms with van der Waals surface area (Å²) >= 11 is 5.84. The van der Waals surface area contributed by atoms with Crippen molar-refractivity contribution in [3.8, 4) is 11.4 Å². The van der Waals surface area contributed by atoms with E-state index < -0.39 is 55.1 Å². The molecule has 0 saturated heterocycles. The van der Waals surface area contributed by atoms with Gasteiger partial charge in [0.1, 0.15) is 6.54 Å². The molecule has 7 nitrogen and oxygen atoms in total. The molecule has 3 rings (SSSR count). The van der Waals surface area contributed by atoms with Crippen molar-refractivity contribution in [2.75, 3.05) is 6.54 Å². The van der Waals surface area contributed by atoms with Crippen molar-refractivity contribution in [1.29, 1.82) is 0 Å². The molecule has 1 unspecified atom stereocenters. The SMILES string of the molecule is NCC(NC(=O)Cn1nc(-c2ccc(Cl)cc2)n(CCC(F)(F)F)c1=O)c1cccc(C(F)(F)F)c1. The number of rotatable bonds is 8. The molecule has 36 heavy (non-hydrogen) atoms. The number of carbonyl (C=O) groups is 1. The molecule has 0 aliphatic carbocycles. The summed E-state index contributed by atoms with van der Waals surface area (Å²) in [4.78, 5) is 25.4. The molecule has 0 fully saturated rings. The molecule has 1 aromatic heterocycles. The predicted octanol–water partition coefficient (Wildman–Crippen LogP) is 4.15. The van der Waals surface area contributed by atoms with Gasteiger partial charge in [0.05, 0.1) is 18.0 Å². The summed E-state index contributed by atoms with van der Waals surface area (Å²) in [5, 5.41) is 6.80. The number of hydrogen-bond acceptors (Lipinski definition) is 4. The van der Waals surface area contributed by atoms with Crippen LogP contribution in [0.4, 0.5) is 26.3 Å². The predicted molar refractivity (Wildman–Crippen MR) is 119 cm³/mol. The third kappa shape index (κ3) is 6.88. The van der Waals surface area contributed by atoms with Gasteiger partial charge >= 0.3 is 18.0 Å². The van der Waals surface area contributed by atoms with Crippen molar-refractivity contribution in [2.24, 2.45) is 5.73 Å². The highest BCUT2D eigenvalue weighted by Gasteiger charge is 2.31. The first-order valence-corrected chi connectivity index (χ1v) is 10.8. The first kappa shape index (κ1) is 27.3. The van der Waals surface area contributed by atoms with E-state index >= 15 is 0 Å². The molecule has 1 atom stereocenters. The van der Waals surface area contributed by atoms with E-state index in [2.05, 4.69) is 10.4 Å². The van der Waals surface area contributed by atoms with Crippen LogP contribution >= 0.6 is 11.6 Å². The van der Waals surface area contributed by atoms with Gasteiger partial charge in [-0.2, -0.15) is 26.3 Å². The number of nitrogens with one attached hydrogen (secondary N) is 1. The molecular formula is C22H20ClF6N5O2. The van der Waals surface area contributed by atoms with Gasteiger partial charge in [0, 0.05) is 23.7 Å². The Morgan fingerprint density at radius 2 is 1.75 bits per heavy atom. The molecule has 3 aromatic rings. The fourth-order valence-electron chi connectivity index (χ4n) is 3.38. The van der Waals surface area contributed by atoms with E-state index in [4.69, 9.17) is 17.3 Å². The highest BCUT2D eigenvalue weighted by atomic mass is 35.5. The van der Waals surface area contributed by atoms with Crippen LogP contribution in [0, 0.1) is 0 Å². The molecule has 1 heterocycles. The summed E-state index contributed by atoms with van der Waals surface area (Å²) in [5.41, 5.74) is 4.11. The number of amides is 1. The Kier molecular flexibility index (Phi) is 8.14. The van der Waals surface area contributed by atoms with E-state index in [0.717, 1.165) is 22.8 Å². The van der Waals surface area contributed by atoms with Gasteiger partial charge < -0.3 is 11.1 Å².